The molecule has 35 heavy (non-hydrogen) atoms. The second kappa shape index (κ2) is 9.81. The molecule has 0 radical (unpaired) electrons. The Morgan fingerprint density at radius 2 is 1.80 bits per heavy atom. The molecule has 3 aromatic carbocycles. The fourth-order valence-corrected chi connectivity index (χ4v) is 5.55. The third-order valence-corrected chi connectivity index (χ3v) is 7.80. The van der Waals surface area contributed by atoms with Gasteiger partial charge in [0.25, 0.3) is 0 Å². The summed E-state index contributed by atoms with van der Waals surface area (Å²) in [6.45, 7) is 8.24. The summed E-state index contributed by atoms with van der Waals surface area (Å²) >= 11 is 8.11. The number of hydrogen-bond donors (Lipinski definition) is 1. The van der Waals surface area contributed by atoms with Crippen molar-refractivity contribution in [3.8, 4) is 6.07 Å². The summed E-state index contributed by atoms with van der Waals surface area (Å²) in [6, 6.07) is 21.9. The highest BCUT2D eigenvalue weighted by molar-refractivity contribution is 7.99. The van der Waals surface area contributed by atoms with Gasteiger partial charge in [0.1, 0.15) is 0 Å². The van der Waals surface area contributed by atoms with E-state index in [9.17, 15) is 9.90 Å². The third-order valence-electron chi connectivity index (χ3n) is 6.25. The van der Waals surface area contributed by atoms with Crippen LogP contribution in [0.3, 0.4) is 0 Å². The van der Waals surface area contributed by atoms with Gasteiger partial charge < -0.3 is 9.67 Å². The molecule has 1 N–H and O–H groups in total. The van der Waals surface area contributed by atoms with Gasteiger partial charge in [-0.3, -0.25) is 4.79 Å². The van der Waals surface area contributed by atoms with Crippen molar-refractivity contribution in [1.82, 2.24) is 4.57 Å². The number of aromatic nitrogens is 1. The van der Waals surface area contributed by atoms with Crippen LogP contribution >= 0.6 is 23.4 Å². The van der Waals surface area contributed by atoms with Crippen molar-refractivity contribution < 1.29 is 9.90 Å². The lowest BCUT2D eigenvalue weighted by molar-refractivity contribution is -0.146. The van der Waals surface area contributed by atoms with Crippen LogP contribution in [0.15, 0.2) is 70.5 Å². The van der Waals surface area contributed by atoms with Crippen molar-refractivity contribution in [3.05, 3.63) is 93.6 Å². The smallest absolute Gasteiger partial charge is 0.309 e. The number of nitriles is 1. The second-order valence-electron chi connectivity index (χ2n) is 9.57. The van der Waals surface area contributed by atoms with Gasteiger partial charge in [-0.25, -0.2) is 0 Å². The van der Waals surface area contributed by atoms with Crippen molar-refractivity contribution in [1.29, 1.82) is 5.26 Å². The highest BCUT2D eigenvalue weighted by atomic mass is 35.5. The van der Waals surface area contributed by atoms with Crippen LogP contribution in [0.25, 0.3) is 10.9 Å². The molecule has 0 aliphatic rings. The molecule has 0 fully saturated rings. The van der Waals surface area contributed by atoms with Gasteiger partial charge in [-0.2, -0.15) is 5.26 Å². The van der Waals surface area contributed by atoms with Crippen LogP contribution < -0.4 is 0 Å². The Morgan fingerprint density at radius 1 is 1.09 bits per heavy atom. The molecule has 6 heteroatoms. The highest BCUT2D eigenvalue weighted by Gasteiger charge is 2.32. The second-order valence-corrected chi connectivity index (χ2v) is 11.1. The normalized spacial score (nSPS) is 11.5. The summed E-state index contributed by atoms with van der Waals surface area (Å²) in [5, 5.41) is 20.8. The third kappa shape index (κ3) is 5.24. The quantitative estimate of drug-likeness (QED) is 0.282. The Kier molecular flexibility index (Phi) is 6.98. The summed E-state index contributed by atoms with van der Waals surface area (Å²) in [6.07, 6.45) is 0.359. The van der Waals surface area contributed by atoms with E-state index in [1.165, 1.54) is 11.1 Å². The van der Waals surface area contributed by atoms with Gasteiger partial charge in [0.15, 0.2) is 0 Å². The maximum absolute atomic E-state index is 12.1. The summed E-state index contributed by atoms with van der Waals surface area (Å²) in [5.74, 6) is -0.839. The summed E-state index contributed by atoms with van der Waals surface area (Å²) in [4.78, 5) is 14.3. The van der Waals surface area contributed by atoms with Gasteiger partial charge in [0, 0.05) is 44.4 Å². The summed E-state index contributed by atoms with van der Waals surface area (Å²) in [5.41, 5.74) is 4.99. The maximum Gasteiger partial charge on any atom is 0.309 e. The van der Waals surface area contributed by atoms with Crippen molar-refractivity contribution in [2.45, 2.75) is 50.5 Å². The number of aryl methyl sites for hydroxylation is 2. The van der Waals surface area contributed by atoms with Gasteiger partial charge in [0.05, 0.1) is 17.0 Å². The van der Waals surface area contributed by atoms with E-state index in [1.54, 1.807) is 25.6 Å². The molecule has 0 atom stereocenters. The van der Waals surface area contributed by atoms with Crippen LogP contribution in [0.4, 0.5) is 0 Å². The van der Waals surface area contributed by atoms with E-state index in [2.05, 4.69) is 42.7 Å². The number of nitrogens with zero attached hydrogens (tertiary/aromatic N) is 2. The molecule has 0 bridgehead atoms. The fraction of sp³-hybridized carbons (Fsp3) is 0.241. The molecule has 4 nitrogen and oxygen atoms in total. The minimum absolute atomic E-state index is 0.359. The molecule has 0 saturated carbocycles. The minimum Gasteiger partial charge on any atom is -0.481 e. The molecule has 1 aromatic heterocycles. The number of halogens is 1. The van der Waals surface area contributed by atoms with Crippen LogP contribution in [0, 0.1) is 30.6 Å². The number of carboxylic acid groups (broad SMARTS) is 1. The van der Waals surface area contributed by atoms with Crippen molar-refractivity contribution in [2.24, 2.45) is 5.41 Å². The minimum atomic E-state index is -0.961. The Labute approximate surface area is 215 Å². The number of aliphatic carboxylic acids is 1. The van der Waals surface area contributed by atoms with E-state index in [0.29, 0.717) is 23.6 Å². The molecule has 0 aliphatic heterocycles. The van der Waals surface area contributed by atoms with E-state index in [0.717, 1.165) is 32.0 Å². The SMILES string of the molecule is Cc1ccc(C)c(Sc2c(CC(C)(C)C(=O)O)n(Cc3ccc(C#N)cc3)c3ccc(Cl)cc23)c1. The first-order chi connectivity index (χ1) is 16.6. The van der Waals surface area contributed by atoms with Gasteiger partial charge in [-0.1, -0.05) is 47.6 Å². The first-order valence-electron chi connectivity index (χ1n) is 11.4. The average molecular weight is 503 g/mol. The maximum atomic E-state index is 12.1. The molecule has 4 aromatic rings. The number of rotatable bonds is 7. The number of carboxylic acids is 1. The fourth-order valence-electron chi connectivity index (χ4n) is 4.11. The molecule has 4 rings (SSSR count). The molecular formula is C29H27ClN2O2S. The molecule has 0 aliphatic carbocycles. The molecule has 0 amide bonds. The van der Waals surface area contributed by atoms with E-state index < -0.39 is 11.4 Å². The van der Waals surface area contributed by atoms with Crippen LogP contribution in [0.1, 0.15) is 41.8 Å². The predicted molar refractivity (Wildman–Crippen MR) is 142 cm³/mol. The summed E-state index contributed by atoms with van der Waals surface area (Å²) in [7, 11) is 0. The average Bonchev–Trinajstić information content (AvgIpc) is 3.07. The Hall–Kier alpha value is -3.20. The van der Waals surface area contributed by atoms with Gasteiger partial charge in [-0.05, 0) is 80.8 Å². The standard InChI is InChI=1S/C29H27ClN2O2S/c1-18-5-6-19(2)26(13-18)35-27-23-14-22(30)11-12-24(23)32(25(27)15-29(3,4)28(33)34)17-21-9-7-20(16-31)8-10-21/h5-14H,15,17H2,1-4H3,(H,33,34). The van der Waals surface area contributed by atoms with E-state index in [1.807, 2.05) is 42.5 Å². The summed E-state index contributed by atoms with van der Waals surface area (Å²) < 4.78 is 2.20. The Bertz CT molecular complexity index is 1460. The van der Waals surface area contributed by atoms with Crippen LogP contribution in [0.2, 0.25) is 5.02 Å². The highest BCUT2D eigenvalue weighted by Crippen LogP contribution is 2.43. The lowest BCUT2D eigenvalue weighted by Crippen LogP contribution is -2.27. The van der Waals surface area contributed by atoms with E-state index >= 15 is 0 Å². The predicted octanol–water partition coefficient (Wildman–Crippen LogP) is 7.64. The monoisotopic (exact) mass is 502 g/mol. The number of hydrogen-bond acceptors (Lipinski definition) is 3. The van der Waals surface area contributed by atoms with E-state index in [-0.39, 0.29) is 0 Å². The zero-order valence-electron chi connectivity index (χ0n) is 20.2. The Balaban J connectivity index is 1.95. The number of benzene rings is 3. The van der Waals surface area contributed by atoms with Gasteiger partial charge in [0.2, 0.25) is 0 Å². The van der Waals surface area contributed by atoms with Crippen molar-refractivity contribution in [3.63, 3.8) is 0 Å². The topological polar surface area (TPSA) is 66.0 Å². The zero-order chi connectivity index (χ0) is 25.3. The first kappa shape index (κ1) is 24.9. The Morgan fingerprint density at radius 3 is 2.46 bits per heavy atom. The van der Waals surface area contributed by atoms with E-state index in [4.69, 9.17) is 16.9 Å². The number of carbonyl (C=O) groups is 1. The molecule has 0 saturated heterocycles. The first-order valence-corrected chi connectivity index (χ1v) is 12.6. The largest absolute Gasteiger partial charge is 0.481 e. The molecule has 0 unspecified atom stereocenters. The lowest BCUT2D eigenvalue weighted by Gasteiger charge is -2.22. The van der Waals surface area contributed by atoms with Crippen molar-refractivity contribution >= 4 is 40.2 Å². The van der Waals surface area contributed by atoms with Gasteiger partial charge in [-0.15, -0.1) is 0 Å². The molecule has 0 spiro atoms. The molecule has 1 heterocycles. The van der Waals surface area contributed by atoms with Crippen LogP contribution in [-0.2, 0) is 17.8 Å². The molecular weight excluding hydrogens is 476 g/mol. The van der Waals surface area contributed by atoms with Crippen LogP contribution in [0.5, 0.6) is 0 Å². The van der Waals surface area contributed by atoms with Crippen LogP contribution in [-0.4, -0.2) is 15.6 Å². The molecule has 178 valence electrons. The zero-order valence-corrected chi connectivity index (χ0v) is 21.8. The van der Waals surface area contributed by atoms with Gasteiger partial charge >= 0.3 is 5.97 Å². The number of fused-ring (bicyclic) bond motifs is 1. The van der Waals surface area contributed by atoms with Crippen molar-refractivity contribution in [2.75, 3.05) is 0 Å². The lowest BCUT2D eigenvalue weighted by atomic mass is 9.88.